The second kappa shape index (κ2) is 13.1. The van der Waals surface area contributed by atoms with Crippen LogP contribution in [0, 0.1) is 5.21 Å². The fourth-order valence-corrected chi connectivity index (χ4v) is 7.24. The van der Waals surface area contributed by atoms with Gasteiger partial charge in [-0.05, 0) is 74.8 Å². The van der Waals surface area contributed by atoms with Crippen molar-refractivity contribution >= 4 is 87.0 Å². The third-order valence-electron chi connectivity index (χ3n) is 6.38. The minimum Gasteiger partial charge on any atom is -0.626 e. The van der Waals surface area contributed by atoms with E-state index in [4.69, 9.17) is 9.47 Å². The van der Waals surface area contributed by atoms with Gasteiger partial charge in [-0.2, -0.15) is 0 Å². The van der Waals surface area contributed by atoms with Gasteiger partial charge in [-0.3, -0.25) is 0 Å². The van der Waals surface area contributed by atoms with Gasteiger partial charge >= 0.3 is 11.9 Å². The number of ether oxygens (including phenoxy) is 2. The number of hydrogen-bond donors (Lipinski definition) is 0. The highest BCUT2D eigenvalue weighted by molar-refractivity contribution is 9.15. The molecule has 4 rings (SSSR count). The molecule has 3 aromatic carbocycles. The Labute approximate surface area is 266 Å². The summed E-state index contributed by atoms with van der Waals surface area (Å²) in [4.78, 5) is 26.4. The highest BCUT2D eigenvalue weighted by Gasteiger charge is 2.45. The van der Waals surface area contributed by atoms with Crippen LogP contribution in [0.2, 0.25) is 0 Å². The van der Waals surface area contributed by atoms with Crippen LogP contribution in [0.25, 0.3) is 0 Å². The number of hydrogen-bond acceptors (Lipinski definition) is 6. The molecule has 208 valence electrons. The van der Waals surface area contributed by atoms with Gasteiger partial charge in [0, 0.05) is 16.6 Å². The molecule has 0 saturated carbocycles. The molecule has 40 heavy (non-hydrogen) atoms. The molecule has 1 aliphatic rings. The van der Waals surface area contributed by atoms with Crippen LogP contribution >= 0.6 is 63.7 Å². The summed E-state index contributed by atoms with van der Waals surface area (Å²) in [7, 11) is 0. The van der Waals surface area contributed by atoms with E-state index in [-0.39, 0.29) is 19.8 Å². The molecule has 0 N–H and O–H groups in total. The van der Waals surface area contributed by atoms with Crippen molar-refractivity contribution in [3.63, 3.8) is 0 Å². The van der Waals surface area contributed by atoms with Crippen LogP contribution in [0.15, 0.2) is 104 Å². The van der Waals surface area contributed by atoms with Crippen LogP contribution in [0.4, 0.5) is 11.4 Å². The average Bonchev–Trinajstić information content (AvgIpc) is 3.26. The third-order valence-corrected chi connectivity index (χ3v) is 11.1. The number of quaternary nitrogens is 1. The van der Waals surface area contributed by atoms with Gasteiger partial charge in [0.1, 0.15) is 18.3 Å². The molecule has 3 unspecified atom stereocenters. The highest BCUT2D eigenvalue weighted by Crippen LogP contribution is 2.56. The summed E-state index contributed by atoms with van der Waals surface area (Å²) in [6.45, 7) is 7.05. The molecule has 0 radical (unpaired) electrons. The van der Waals surface area contributed by atoms with E-state index in [1.807, 2.05) is 65.6 Å². The lowest BCUT2D eigenvalue weighted by molar-refractivity contribution is -0.144. The molecule has 3 atom stereocenters. The highest BCUT2D eigenvalue weighted by atomic mass is 79.9. The van der Waals surface area contributed by atoms with E-state index in [2.05, 4.69) is 76.9 Å². The van der Waals surface area contributed by atoms with Crippen LogP contribution in [-0.4, -0.2) is 31.7 Å². The number of hydroxylamine groups is 2. The Hall–Kier alpha value is -2.28. The van der Waals surface area contributed by atoms with Crippen molar-refractivity contribution in [1.82, 2.24) is 4.65 Å². The van der Waals surface area contributed by atoms with Crippen LogP contribution in [0.5, 0.6) is 0 Å². The summed E-state index contributed by atoms with van der Waals surface area (Å²) >= 11 is 14.5. The number of rotatable bonds is 10. The Morgan fingerprint density at radius 1 is 0.825 bits per heavy atom. The van der Waals surface area contributed by atoms with Crippen LogP contribution in [0.1, 0.15) is 23.3 Å². The molecule has 0 saturated heterocycles. The molecular formula is C29H24Br4N2O5. The lowest BCUT2D eigenvalue weighted by atomic mass is 10.1. The van der Waals surface area contributed by atoms with Gasteiger partial charge in [0.15, 0.2) is 18.5 Å². The summed E-state index contributed by atoms with van der Waals surface area (Å²) in [6.07, 6.45) is 0.644. The zero-order chi connectivity index (χ0) is 29.0. The van der Waals surface area contributed by atoms with Gasteiger partial charge in [0.25, 0.3) is 0 Å². The van der Waals surface area contributed by atoms with Gasteiger partial charge in [0.05, 0.1) is 20.0 Å². The Kier molecular flexibility index (Phi) is 10.1. The Morgan fingerprint density at radius 3 is 1.82 bits per heavy atom. The zero-order valence-electron chi connectivity index (χ0n) is 21.1. The Bertz CT molecular complexity index is 1440. The summed E-state index contributed by atoms with van der Waals surface area (Å²) in [5, 5.41) is 14.9. The molecule has 11 heteroatoms. The molecule has 7 nitrogen and oxygen atoms in total. The summed E-state index contributed by atoms with van der Waals surface area (Å²) in [5.74, 6) is -1.21. The molecule has 0 aliphatic carbocycles. The molecule has 0 bridgehead atoms. The third kappa shape index (κ3) is 6.45. The van der Waals surface area contributed by atoms with Crippen molar-refractivity contribution in [2.24, 2.45) is 0 Å². The number of esters is 2. The number of carbonyl (C=O) groups excluding carboxylic acids is 2. The van der Waals surface area contributed by atoms with Crippen molar-refractivity contribution in [1.29, 1.82) is 0 Å². The maximum atomic E-state index is 14.9. The summed E-state index contributed by atoms with van der Waals surface area (Å²) in [5.41, 5.74) is 2.50. The second-order valence-electron chi connectivity index (χ2n) is 8.97. The number of carbonyl (C=O) groups is 2. The van der Waals surface area contributed by atoms with E-state index in [0.29, 0.717) is 34.8 Å². The lowest BCUT2D eigenvalue weighted by Crippen LogP contribution is -2.49. The van der Waals surface area contributed by atoms with Gasteiger partial charge in [-0.15, -0.1) is 0 Å². The second-order valence-corrected chi connectivity index (χ2v) is 12.1. The SMILES string of the molecule is C=CC(=O)OC(CN1C[N+]([O-])(CC(OC(=O)C=C)c2ccccc2)c2c(Br)c(Br)c(Br)c(Br)c21)c1ccccc1. The van der Waals surface area contributed by atoms with E-state index in [1.54, 1.807) is 0 Å². The number of halogens is 4. The minimum atomic E-state index is -0.860. The van der Waals surface area contributed by atoms with Crippen LogP contribution in [0.3, 0.4) is 0 Å². The average molecular weight is 800 g/mol. The normalized spacial score (nSPS) is 17.5. The topological polar surface area (TPSA) is 78.9 Å². The number of benzene rings is 3. The van der Waals surface area contributed by atoms with Gasteiger partial charge < -0.3 is 24.2 Å². The van der Waals surface area contributed by atoms with Crippen LogP contribution in [-0.2, 0) is 19.1 Å². The number of anilines is 1. The first-order chi connectivity index (χ1) is 19.1. The fourth-order valence-electron chi connectivity index (χ4n) is 4.59. The first kappa shape index (κ1) is 30.7. The molecule has 1 heterocycles. The van der Waals surface area contributed by atoms with E-state index in [1.165, 1.54) is 0 Å². The van der Waals surface area contributed by atoms with Gasteiger partial charge in [-0.25, -0.2) is 9.59 Å². The minimum absolute atomic E-state index is 0.0423. The standard InChI is InChI=1S/C29H24Br4N2O5/c1-3-22(36)39-20(18-11-7-5-8-12-18)15-34-17-35(38,29-27(33)25(31)24(30)26(32)28(29)34)16-21(40-23(37)4-2)19-13-9-6-10-14-19/h3-14,20-21H,1-2,15-17H2. The smallest absolute Gasteiger partial charge is 0.330 e. The number of nitrogens with zero attached hydrogens (tertiary/aromatic N) is 2. The first-order valence-electron chi connectivity index (χ1n) is 12.0. The first-order valence-corrected chi connectivity index (χ1v) is 15.2. The zero-order valence-corrected chi connectivity index (χ0v) is 27.4. The van der Waals surface area contributed by atoms with Crippen molar-refractivity contribution in [2.75, 3.05) is 24.7 Å². The predicted octanol–water partition coefficient (Wildman–Crippen LogP) is 8.26. The Balaban J connectivity index is 1.81. The molecule has 0 spiro atoms. The number of fused-ring (bicyclic) bond motifs is 1. The maximum Gasteiger partial charge on any atom is 0.330 e. The predicted molar refractivity (Wildman–Crippen MR) is 170 cm³/mol. The van der Waals surface area contributed by atoms with Crippen molar-refractivity contribution in [3.8, 4) is 0 Å². The Morgan fingerprint density at radius 2 is 1.30 bits per heavy atom. The van der Waals surface area contributed by atoms with Crippen molar-refractivity contribution in [3.05, 3.63) is 120 Å². The monoisotopic (exact) mass is 796 g/mol. The molecule has 3 aromatic rings. The fraction of sp³-hybridized carbons (Fsp3) is 0.172. The van der Waals surface area contributed by atoms with Crippen molar-refractivity contribution in [2.45, 2.75) is 12.2 Å². The molecule has 0 aromatic heterocycles. The molecule has 0 fully saturated rings. The molecule has 0 amide bonds. The van der Waals surface area contributed by atoms with E-state index < -0.39 is 28.8 Å². The van der Waals surface area contributed by atoms with Crippen molar-refractivity contribution < 1.29 is 19.1 Å². The summed E-state index contributed by atoms with van der Waals surface area (Å²) < 4.78 is 13.1. The molecule has 1 aliphatic heterocycles. The van der Waals surface area contributed by atoms with Crippen LogP contribution < -0.4 is 9.55 Å². The quantitative estimate of drug-likeness (QED) is 0.0514. The van der Waals surface area contributed by atoms with E-state index in [0.717, 1.165) is 17.7 Å². The lowest BCUT2D eigenvalue weighted by Gasteiger charge is -2.41. The maximum absolute atomic E-state index is 14.9. The molecular weight excluding hydrogens is 776 g/mol. The van der Waals surface area contributed by atoms with Gasteiger partial charge in [-0.1, -0.05) is 73.8 Å². The van der Waals surface area contributed by atoms with Gasteiger partial charge in [0.2, 0.25) is 0 Å². The van der Waals surface area contributed by atoms with E-state index in [9.17, 15) is 14.8 Å². The summed E-state index contributed by atoms with van der Waals surface area (Å²) in [6, 6.07) is 18.4. The largest absolute Gasteiger partial charge is 0.626 e. The van der Waals surface area contributed by atoms with E-state index >= 15 is 0 Å².